The molecule has 7 nitrogen and oxygen atoms in total. The summed E-state index contributed by atoms with van der Waals surface area (Å²) >= 11 is 1.35. The molecule has 0 spiro atoms. The number of likely N-dealkylation sites (tertiary alicyclic amines) is 1. The molecule has 0 bridgehead atoms. The van der Waals surface area contributed by atoms with Crippen molar-refractivity contribution in [1.29, 1.82) is 0 Å². The molecule has 3 heterocycles. The number of thiophene rings is 1. The van der Waals surface area contributed by atoms with Gasteiger partial charge in [0.2, 0.25) is 0 Å². The molecular weight excluding hydrogens is 364 g/mol. The fourth-order valence-electron chi connectivity index (χ4n) is 3.35. The number of hydrogen-bond acceptors (Lipinski definition) is 4. The highest BCUT2D eigenvalue weighted by Gasteiger charge is 2.35. The van der Waals surface area contributed by atoms with Gasteiger partial charge in [0.05, 0.1) is 10.4 Å². The highest BCUT2D eigenvalue weighted by molar-refractivity contribution is 7.12. The van der Waals surface area contributed by atoms with Crippen LogP contribution in [0.3, 0.4) is 0 Å². The number of para-hydroxylation sites is 1. The quantitative estimate of drug-likeness (QED) is 0.607. The van der Waals surface area contributed by atoms with Crippen LogP contribution >= 0.6 is 11.3 Å². The van der Waals surface area contributed by atoms with Gasteiger partial charge in [-0.3, -0.25) is 25.2 Å². The van der Waals surface area contributed by atoms with Gasteiger partial charge in [-0.15, -0.1) is 11.3 Å². The van der Waals surface area contributed by atoms with Crippen LogP contribution in [0.5, 0.6) is 0 Å². The lowest BCUT2D eigenvalue weighted by Gasteiger charge is -2.23. The summed E-state index contributed by atoms with van der Waals surface area (Å²) in [5.41, 5.74) is 6.21. The summed E-state index contributed by atoms with van der Waals surface area (Å²) in [6.45, 7) is 0.533. The highest BCUT2D eigenvalue weighted by atomic mass is 32.1. The van der Waals surface area contributed by atoms with E-state index in [4.69, 9.17) is 0 Å². The standard InChI is InChI=1S/C19H18N4O3S/c24-17(13-11-20-14-6-2-1-5-12(13)14)21-22-18(25)15-7-3-9-23(15)19(26)16-8-4-10-27-16/h1-2,4-6,8,10-11,15,20H,3,7,9H2,(H,21,24)(H,22,25)/t15-/m0/s1. The average molecular weight is 382 g/mol. The largest absolute Gasteiger partial charge is 0.360 e. The van der Waals surface area contributed by atoms with E-state index in [2.05, 4.69) is 15.8 Å². The Balaban J connectivity index is 1.41. The Hall–Kier alpha value is -3.13. The van der Waals surface area contributed by atoms with E-state index in [1.165, 1.54) is 11.3 Å². The topological polar surface area (TPSA) is 94.3 Å². The van der Waals surface area contributed by atoms with Crippen LogP contribution in [-0.4, -0.2) is 40.2 Å². The first kappa shape index (κ1) is 17.3. The van der Waals surface area contributed by atoms with Gasteiger partial charge in [0.15, 0.2) is 0 Å². The molecule has 0 radical (unpaired) electrons. The molecule has 3 amide bonds. The van der Waals surface area contributed by atoms with Crippen LogP contribution in [0.2, 0.25) is 0 Å². The van der Waals surface area contributed by atoms with Crippen molar-refractivity contribution < 1.29 is 14.4 Å². The van der Waals surface area contributed by atoms with E-state index in [9.17, 15) is 14.4 Å². The Bertz CT molecular complexity index is 995. The number of nitrogens with one attached hydrogen (secondary N) is 3. The van der Waals surface area contributed by atoms with Crippen LogP contribution in [0.25, 0.3) is 10.9 Å². The Morgan fingerprint density at radius 1 is 1.11 bits per heavy atom. The van der Waals surface area contributed by atoms with Crippen molar-refractivity contribution in [2.75, 3.05) is 6.54 Å². The third kappa shape index (κ3) is 3.31. The van der Waals surface area contributed by atoms with E-state index in [1.807, 2.05) is 35.7 Å². The molecule has 3 N–H and O–H groups in total. The number of carbonyl (C=O) groups excluding carboxylic acids is 3. The van der Waals surface area contributed by atoms with Crippen molar-refractivity contribution in [3.05, 3.63) is 58.4 Å². The fourth-order valence-corrected chi connectivity index (χ4v) is 4.03. The highest BCUT2D eigenvalue weighted by Crippen LogP contribution is 2.22. The van der Waals surface area contributed by atoms with Gasteiger partial charge in [0, 0.05) is 23.6 Å². The third-order valence-electron chi connectivity index (χ3n) is 4.68. The van der Waals surface area contributed by atoms with Gasteiger partial charge in [-0.2, -0.15) is 0 Å². The number of fused-ring (bicyclic) bond motifs is 1. The van der Waals surface area contributed by atoms with E-state index in [-0.39, 0.29) is 11.8 Å². The smallest absolute Gasteiger partial charge is 0.271 e. The Kier molecular flexibility index (Phi) is 4.64. The maximum Gasteiger partial charge on any atom is 0.271 e. The normalized spacial score (nSPS) is 16.4. The molecule has 0 aliphatic carbocycles. The van der Waals surface area contributed by atoms with Crippen molar-refractivity contribution >= 4 is 40.0 Å². The summed E-state index contributed by atoms with van der Waals surface area (Å²) < 4.78 is 0. The summed E-state index contributed by atoms with van der Waals surface area (Å²) in [6.07, 6.45) is 2.94. The van der Waals surface area contributed by atoms with Crippen LogP contribution < -0.4 is 10.9 Å². The van der Waals surface area contributed by atoms with Gasteiger partial charge in [0.1, 0.15) is 6.04 Å². The number of benzene rings is 1. The SMILES string of the molecule is O=C(NNC(=O)[C@@H]1CCCN1C(=O)c1cccs1)c1c[nH]c2ccccc12. The minimum absolute atomic E-state index is 0.148. The average Bonchev–Trinajstić information content (AvgIpc) is 3.45. The number of hydrazine groups is 1. The molecule has 0 saturated carbocycles. The third-order valence-corrected chi connectivity index (χ3v) is 5.54. The number of hydrogen-bond donors (Lipinski definition) is 3. The van der Waals surface area contributed by atoms with Gasteiger partial charge >= 0.3 is 0 Å². The number of carbonyl (C=O) groups is 3. The first-order valence-electron chi connectivity index (χ1n) is 8.66. The van der Waals surface area contributed by atoms with Crippen LogP contribution in [-0.2, 0) is 4.79 Å². The van der Waals surface area contributed by atoms with Crippen molar-refractivity contribution in [3.63, 3.8) is 0 Å². The number of rotatable bonds is 3. The van der Waals surface area contributed by atoms with Gasteiger partial charge in [0.25, 0.3) is 17.7 Å². The lowest BCUT2D eigenvalue weighted by Crippen LogP contribution is -2.51. The van der Waals surface area contributed by atoms with Gasteiger partial charge < -0.3 is 9.88 Å². The Morgan fingerprint density at radius 3 is 2.78 bits per heavy atom. The molecule has 1 fully saturated rings. The van der Waals surface area contributed by atoms with Crippen molar-refractivity contribution in [1.82, 2.24) is 20.7 Å². The van der Waals surface area contributed by atoms with Gasteiger partial charge in [-0.1, -0.05) is 24.3 Å². The second kappa shape index (κ2) is 7.24. The molecule has 4 rings (SSSR count). The maximum absolute atomic E-state index is 12.6. The van der Waals surface area contributed by atoms with E-state index in [0.29, 0.717) is 23.4 Å². The van der Waals surface area contributed by atoms with Crippen molar-refractivity contribution in [3.8, 4) is 0 Å². The van der Waals surface area contributed by atoms with Crippen molar-refractivity contribution in [2.45, 2.75) is 18.9 Å². The summed E-state index contributed by atoms with van der Waals surface area (Å²) in [6, 6.07) is 10.4. The van der Waals surface area contributed by atoms with Gasteiger partial charge in [-0.25, -0.2) is 0 Å². The predicted molar refractivity (Wildman–Crippen MR) is 102 cm³/mol. The molecule has 138 valence electrons. The summed E-state index contributed by atoms with van der Waals surface area (Å²) in [7, 11) is 0. The fraction of sp³-hybridized carbons (Fsp3) is 0.211. The molecule has 1 aliphatic heterocycles. The molecule has 1 atom stereocenters. The molecule has 0 unspecified atom stereocenters. The number of aromatic nitrogens is 1. The number of aromatic amines is 1. The molecular formula is C19H18N4O3S. The lowest BCUT2D eigenvalue weighted by molar-refractivity contribution is -0.125. The van der Waals surface area contributed by atoms with Crippen LogP contribution in [0.4, 0.5) is 0 Å². The molecule has 27 heavy (non-hydrogen) atoms. The molecule has 1 saturated heterocycles. The number of H-pyrrole nitrogens is 1. The first-order chi connectivity index (χ1) is 13.1. The molecule has 1 aliphatic rings. The zero-order valence-electron chi connectivity index (χ0n) is 14.4. The lowest BCUT2D eigenvalue weighted by atomic mass is 10.2. The van der Waals surface area contributed by atoms with Crippen molar-refractivity contribution in [2.24, 2.45) is 0 Å². The minimum atomic E-state index is -0.581. The summed E-state index contributed by atoms with van der Waals surface area (Å²) in [5, 5.41) is 2.61. The predicted octanol–water partition coefficient (Wildman–Crippen LogP) is 2.30. The van der Waals surface area contributed by atoms with E-state index < -0.39 is 11.9 Å². The number of amides is 3. The van der Waals surface area contributed by atoms with E-state index >= 15 is 0 Å². The molecule has 3 aromatic rings. The maximum atomic E-state index is 12.6. The second-order valence-electron chi connectivity index (χ2n) is 6.33. The molecule has 8 heteroatoms. The Morgan fingerprint density at radius 2 is 1.96 bits per heavy atom. The Labute approximate surface area is 159 Å². The monoisotopic (exact) mass is 382 g/mol. The summed E-state index contributed by atoms with van der Waals surface area (Å²) in [4.78, 5) is 42.7. The van der Waals surface area contributed by atoms with E-state index in [0.717, 1.165) is 17.3 Å². The van der Waals surface area contributed by atoms with E-state index in [1.54, 1.807) is 17.2 Å². The van der Waals surface area contributed by atoms with Crippen LogP contribution in [0.1, 0.15) is 32.9 Å². The zero-order chi connectivity index (χ0) is 18.8. The molecule has 1 aromatic carbocycles. The first-order valence-corrected chi connectivity index (χ1v) is 9.54. The zero-order valence-corrected chi connectivity index (χ0v) is 15.2. The molecule has 2 aromatic heterocycles. The number of nitrogens with zero attached hydrogens (tertiary/aromatic N) is 1. The minimum Gasteiger partial charge on any atom is -0.360 e. The second-order valence-corrected chi connectivity index (χ2v) is 7.27. The van der Waals surface area contributed by atoms with Crippen LogP contribution in [0.15, 0.2) is 48.0 Å². The summed E-state index contributed by atoms with van der Waals surface area (Å²) in [5.74, 6) is -0.939. The van der Waals surface area contributed by atoms with Gasteiger partial charge in [-0.05, 0) is 30.4 Å². The van der Waals surface area contributed by atoms with Crippen LogP contribution in [0, 0.1) is 0 Å².